The van der Waals surface area contributed by atoms with Crippen LogP contribution in [0.5, 0.6) is 0 Å². The molecule has 1 aliphatic heterocycles. The molecule has 1 rings (SSSR count). The molecule has 0 spiro atoms. The Kier molecular flexibility index (Phi) is 7.35. The zero-order valence-corrected chi connectivity index (χ0v) is 14.3. The number of amides is 3. The Bertz CT molecular complexity index is 401. The summed E-state index contributed by atoms with van der Waals surface area (Å²) in [5.74, 6) is 0.689. The average Bonchev–Trinajstić information content (AvgIpc) is 2.46. The van der Waals surface area contributed by atoms with E-state index in [2.05, 4.69) is 13.8 Å². The van der Waals surface area contributed by atoms with Crippen molar-refractivity contribution in [2.75, 3.05) is 39.3 Å². The van der Waals surface area contributed by atoms with Gasteiger partial charge in [-0.3, -0.25) is 14.4 Å². The van der Waals surface area contributed by atoms with Crippen LogP contribution in [-0.4, -0.2) is 71.7 Å². The second-order valence-electron chi connectivity index (χ2n) is 6.33. The summed E-state index contributed by atoms with van der Waals surface area (Å²) >= 11 is 0. The number of carbonyl (C=O) groups is 3. The topological polar surface area (TPSA) is 60.9 Å². The molecule has 1 saturated heterocycles. The van der Waals surface area contributed by atoms with Crippen molar-refractivity contribution in [2.45, 2.75) is 40.5 Å². The molecule has 0 radical (unpaired) electrons. The molecular formula is C16H29N3O3. The van der Waals surface area contributed by atoms with Crippen LogP contribution in [0.2, 0.25) is 0 Å². The number of nitrogens with zero attached hydrogens (tertiary/aromatic N) is 3. The summed E-state index contributed by atoms with van der Waals surface area (Å²) in [7, 11) is 0. The molecule has 1 heterocycles. The maximum absolute atomic E-state index is 12.2. The van der Waals surface area contributed by atoms with Crippen LogP contribution in [-0.2, 0) is 14.4 Å². The Balaban J connectivity index is 2.37. The van der Waals surface area contributed by atoms with Crippen molar-refractivity contribution in [3.05, 3.63) is 0 Å². The van der Waals surface area contributed by atoms with Crippen molar-refractivity contribution in [1.82, 2.24) is 14.7 Å². The van der Waals surface area contributed by atoms with E-state index < -0.39 is 0 Å². The van der Waals surface area contributed by atoms with Crippen LogP contribution in [0, 0.1) is 5.92 Å². The SMILES string of the molecule is CC(=O)N(CCC(=O)N1CCN(C(C)=O)CC1)CCC(C)C. The van der Waals surface area contributed by atoms with E-state index in [1.807, 2.05) is 0 Å². The van der Waals surface area contributed by atoms with Crippen molar-refractivity contribution < 1.29 is 14.4 Å². The first-order chi connectivity index (χ1) is 10.3. The molecule has 0 unspecified atom stereocenters. The Morgan fingerprint density at radius 3 is 1.95 bits per heavy atom. The lowest BCUT2D eigenvalue weighted by Gasteiger charge is -2.34. The third kappa shape index (κ3) is 6.03. The molecule has 0 N–H and O–H groups in total. The van der Waals surface area contributed by atoms with Gasteiger partial charge >= 0.3 is 0 Å². The lowest BCUT2D eigenvalue weighted by atomic mass is 10.1. The van der Waals surface area contributed by atoms with Gasteiger partial charge in [0.15, 0.2) is 0 Å². The van der Waals surface area contributed by atoms with Gasteiger partial charge < -0.3 is 14.7 Å². The fourth-order valence-corrected chi connectivity index (χ4v) is 2.50. The van der Waals surface area contributed by atoms with Gasteiger partial charge in [-0.05, 0) is 12.3 Å². The van der Waals surface area contributed by atoms with Crippen molar-refractivity contribution in [2.24, 2.45) is 5.92 Å². The van der Waals surface area contributed by atoms with Gasteiger partial charge in [0.05, 0.1) is 0 Å². The molecule has 22 heavy (non-hydrogen) atoms. The maximum atomic E-state index is 12.2. The molecule has 0 aromatic rings. The molecule has 6 heteroatoms. The zero-order valence-electron chi connectivity index (χ0n) is 14.3. The summed E-state index contributed by atoms with van der Waals surface area (Å²) in [4.78, 5) is 40.4. The van der Waals surface area contributed by atoms with Gasteiger partial charge in [0.25, 0.3) is 0 Å². The van der Waals surface area contributed by atoms with E-state index in [9.17, 15) is 14.4 Å². The fourth-order valence-electron chi connectivity index (χ4n) is 2.50. The van der Waals surface area contributed by atoms with Crippen LogP contribution in [0.3, 0.4) is 0 Å². The van der Waals surface area contributed by atoms with E-state index in [1.165, 1.54) is 0 Å². The van der Waals surface area contributed by atoms with Crippen molar-refractivity contribution in [3.63, 3.8) is 0 Å². The minimum absolute atomic E-state index is 0.0230. The average molecular weight is 311 g/mol. The third-order valence-corrected chi connectivity index (χ3v) is 4.09. The summed E-state index contributed by atoms with van der Waals surface area (Å²) in [6.45, 7) is 10.9. The third-order valence-electron chi connectivity index (χ3n) is 4.09. The van der Waals surface area contributed by atoms with Crippen LogP contribution >= 0.6 is 0 Å². The highest BCUT2D eigenvalue weighted by atomic mass is 16.2. The zero-order chi connectivity index (χ0) is 16.7. The minimum Gasteiger partial charge on any atom is -0.342 e. The van der Waals surface area contributed by atoms with E-state index in [0.29, 0.717) is 51.6 Å². The van der Waals surface area contributed by atoms with Gasteiger partial charge in [-0.15, -0.1) is 0 Å². The first-order valence-electron chi connectivity index (χ1n) is 8.10. The van der Waals surface area contributed by atoms with Gasteiger partial charge in [-0.2, -0.15) is 0 Å². The van der Waals surface area contributed by atoms with E-state index >= 15 is 0 Å². The molecule has 126 valence electrons. The van der Waals surface area contributed by atoms with Crippen molar-refractivity contribution >= 4 is 17.7 Å². The summed E-state index contributed by atoms with van der Waals surface area (Å²) in [5, 5.41) is 0. The Morgan fingerprint density at radius 1 is 0.955 bits per heavy atom. The van der Waals surface area contributed by atoms with Crippen LogP contribution < -0.4 is 0 Å². The highest BCUT2D eigenvalue weighted by Crippen LogP contribution is 2.07. The highest BCUT2D eigenvalue weighted by Gasteiger charge is 2.22. The van der Waals surface area contributed by atoms with Gasteiger partial charge in [-0.25, -0.2) is 0 Å². The standard InChI is InChI=1S/C16H29N3O3/c1-13(2)5-7-17(14(3)20)8-6-16(22)19-11-9-18(10-12-19)15(4)21/h13H,5-12H2,1-4H3. The van der Waals surface area contributed by atoms with Crippen LogP contribution in [0.1, 0.15) is 40.5 Å². The van der Waals surface area contributed by atoms with Gasteiger partial charge in [-0.1, -0.05) is 13.8 Å². The lowest BCUT2D eigenvalue weighted by Crippen LogP contribution is -2.50. The molecule has 3 amide bonds. The molecule has 0 atom stereocenters. The Morgan fingerprint density at radius 2 is 1.50 bits per heavy atom. The monoisotopic (exact) mass is 311 g/mol. The molecular weight excluding hydrogens is 282 g/mol. The van der Waals surface area contributed by atoms with Crippen LogP contribution in [0.15, 0.2) is 0 Å². The van der Waals surface area contributed by atoms with Gasteiger partial charge in [0.1, 0.15) is 0 Å². The summed E-state index contributed by atoms with van der Waals surface area (Å²) in [6.07, 6.45) is 1.31. The predicted octanol–water partition coefficient (Wildman–Crippen LogP) is 0.962. The molecule has 0 bridgehead atoms. The molecule has 0 aromatic carbocycles. The molecule has 6 nitrogen and oxygen atoms in total. The second kappa shape index (κ2) is 8.76. The van der Waals surface area contributed by atoms with E-state index in [1.54, 1.807) is 28.5 Å². The minimum atomic E-state index is 0.0230. The molecule has 0 aliphatic carbocycles. The summed E-state index contributed by atoms with van der Waals surface area (Å²) in [6, 6.07) is 0. The number of rotatable bonds is 6. The van der Waals surface area contributed by atoms with E-state index in [-0.39, 0.29) is 17.7 Å². The van der Waals surface area contributed by atoms with Gasteiger partial charge in [0, 0.05) is 59.5 Å². The normalized spacial score (nSPS) is 15.1. The number of hydrogen-bond donors (Lipinski definition) is 0. The molecule has 0 saturated carbocycles. The van der Waals surface area contributed by atoms with Crippen LogP contribution in [0.4, 0.5) is 0 Å². The quantitative estimate of drug-likeness (QED) is 0.734. The van der Waals surface area contributed by atoms with Crippen molar-refractivity contribution in [3.8, 4) is 0 Å². The Hall–Kier alpha value is -1.59. The first kappa shape index (κ1) is 18.5. The van der Waals surface area contributed by atoms with E-state index in [0.717, 1.165) is 6.42 Å². The lowest BCUT2D eigenvalue weighted by molar-refractivity contribution is -0.139. The first-order valence-corrected chi connectivity index (χ1v) is 8.10. The predicted molar refractivity (Wildman–Crippen MR) is 85.2 cm³/mol. The smallest absolute Gasteiger partial charge is 0.224 e. The summed E-state index contributed by atoms with van der Waals surface area (Å²) < 4.78 is 0. The highest BCUT2D eigenvalue weighted by molar-refractivity contribution is 5.79. The Labute approximate surface area is 133 Å². The van der Waals surface area contributed by atoms with Gasteiger partial charge in [0.2, 0.25) is 17.7 Å². The number of carbonyl (C=O) groups excluding carboxylic acids is 3. The fraction of sp³-hybridized carbons (Fsp3) is 0.812. The molecule has 0 aromatic heterocycles. The van der Waals surface area contributed by atoms with E-state index in [4.69, 9.17) is 0 Å². The maximum Gasteiger partial charge on any atom is 0.224 e. The molecule has 1 aliphatic rings. The second-order valence-corrected chi connectivity index (χ2v) is 6.33. The van der Waals surface area contributed by atoms with Crippen LogP contribution in [0.25, 0.3) is 0 Å². The largest absolute Gasteiger partial charge is 0.342 e. The molecule has 1 fully saturated rings. The number of hydrogen-bond acceptors (Lipinski definition) is 3. The summed E-state index contributed by atoms with van der Waals surface area (Å²) in [5.41, 5.74) is 0. The van der Waals surface area contributed by atoms with Crippen molar-refractivity contribution in [1.29, 1.82) is 0 Å². The number of piperazine rings is 1.